The van der Waals surface area contributed by atoms with E-state index < -0.39 is 11.4 Å². The number of aliphatic carboxylic acids is 1. The minimum atomic E-state index is -1.09. The predicted octanol–water partition coefficient (Wildman–Crippen LogP) is 3.42. The first-order valence-electron chi connectivity index (χ1n) is 6.05. The second-order valence-corrected chi connectivity index (χ2v) is 5.49. The van der Waals surface area contributed by atoms with Gasteiger partial charge in [-0.05, 0) is 25.0 Å². The van der Waals surface area contributed by atoms with Gasteiger partial charge in [-0.25, -0.2) is 0 Å². The van der Waals surface area contributed by atoms with Crippen molar-refractivity contribution in [3.8, 4) is 0 Å². The molecule has 1 rings (SSSR count). The lowest BCUT2D eigenvalue weighted by molar-refractivity contribution is -0.153. The summed E-state index contributed by atoms with van der Waals surface area (Å²) < 4.78 is 0. The molecule has 1 unspecified atom stereocenters. The number of hydrogen-bond donors (Lipinski definition) is 2. The predicted molar refractivity (Wildman–Crippen MR) is 75.3 cm³/mol. The Morgan fingerprint density at radius 1 is 1.37 bits per heavy atom. The zero-order valence-electron chi connectivity index (χ0n) is 11.2. The number of nitrogens with one attached hydrogen (secondary N) is 1. The van der Waals surface area contributed by atoms with E-state index in [1.807, 2.05) is 0 Å². The number of carbonyl (C=O) groups is 2. The fourth-order valence-electron chi connectivity index (χ4n) is 1.62. The van der Waals surface area contributed by atoms with E-state index in [1.54, 1.807) is 45.0 Å². The minimum Gasteiger partial charge on any atom is -0.481 e. The molecule has 0 saturated carbocycles. The number of hydrogen-bond acceptors (Lipinski definition) is 2. The van der Waals surface area contributed by atoms with Gasteiger partial charge in [-0.1, -0.05) is 37.6 Å². The molecule has 1 atom stereocenters. The molecule has 0 bridgehead atoms. The molecule has 0 saturated heterocycles. The molecule has 0 aliphatic carbocycles. The average Bonchev–Trinajstić information content (AvgIpc) is 2.31. The van der Waals surface area contributed by atoms with Crippen molar-refractivity contribution in [3.05, 3.63) is 29.3 Å². The highest BCUT2D eigenvalue weighted by atomic mass is 35.5. The topological polar surface area (TPSA) is 66.4 Å². The number of amides is 1. The van der Waals surface area contributed by atoms with Gasteiger partial charge < -0.3 is 10.4 Å². The number of benzene rings is 1. The maximum Gasteiger partial charge on any atom is 0.310 e. The Morgan fingerprint density at radius 3 is 2.42 bits per heavy atom. The molecular formula is C14H18ClNO3. The fraction of sp³-hybridized carbons (Fsp3) is 0.429. The van der Waals surface area contributed by atoms with Crippen LogP contribution in [0.2, 0.25) is 5.02 Å². The van der Waals surface area contributed by atoms with Gasteiger partial charge in [0.25, 0.3) is 0 Å². The summed E-state index contributed by atoms with van der Waals surface area (Å²) in [5, 5.41) is 12.3. The van der Waals surface area contributed by atoms with Gasteiger partial charge in [-0.15, -0.1) is 0 Å². The van der Waals surface area contributed by atoms with E-state index in [0.29, 0.717) is 10.7 Å². The number of rotatable bonds is 5. The average molecular weight is 284 g/mol. The van der Waals surface area contributed by atoms with Crippen LogP contribution in [0.4, 0.5) is 5.69 Å². The minimum absolute atomic E-state index is 0.0920. The van der Waals surface area contributed by atoms with Crippen LogP contribution in [-0.2, 0) is 9.59 Å². The highest BCUT2D eigenvalue weighted by Gasteiger charge is 2.38. The largest absolute Gasteiger partial charge is 0.481 e. The summed E-state index contributed by atoms with van der Waals surface area (Å²) in [4.78, 5) is 23.3. The summed E-state index contributed by atoms with van der Waals surface area (Å²) in [6, 6.07) is 6.84. The second-order valence-electron chi connectivity index (χ2n) is 5.08. The van der Waals surface area contributed by atoms with Crippen molar-refractivity contribution in [1.29, 1.82) is 0 Å². The number of carboxylic acids is 1. The molecule has 5 heteroatoms. The quantitative estimate of drug-likeness (QED) is 0.870. The second kappa shape index (κ2) is 6.06. The Kier molecular flexibility index (Phi) is 4.95. The standard InChI is InChI=1S/C14H18ClNO3/c1-9(2)14(3,13(18)19)8-12(17)16-11-7-5-4-6-10(11)15/h4-7,9H,8H2,1-3H3,(H,16,17)(H,18,19). The summed E-state index contributed by atoms with van der Waals surface area (Å²) >= 11 is 5.93. The van der Waals surface area contributed by atoms with E-state index in [4.69, 9.17) is 11.6 Å². The van der Waals surface area contributed by atoms with Gasteiger partial charge in [0, 0.05) is 6.42 Å². The highest BCUT2D eigenvalue weighted by molar-refractivity contribution is 6.33. The molecular weight excluding hydrogens is 266 g/mol. The number of carbonyl (C=O) groups excluding carboxylic acids is 1. The maximum atomic E-state index is 12.0. The third-order valence-electron chi connectivity index (χ3n) is 3.44. The third-order valence-corrected chi connectivity index (χ3v) is 3.77. The smallest absolute Gasteiger partial charge is 0.310 e. The van der Waals surface area contributed by atoms with Crippen LogP contribution in [0.1, 0.15) is 27.2 Å². The summed E-state index contributed by atoms with van der Waals surface area (Å²) in [6.45, 7) is 5.15. The molecule has 4 nitrogen and oxygen atoms in total. The zero-order chi connectivity index (χ0) is 14.6. The Labute approximate surface area is 117 Å². The maximum absolute atomic E-state index is 12.0. The fourth-order valence-corrected chi connectivity index (χ4v) is 1.80. The van der Waals surface area contributed by atoms with Crippen LogP contribution in [0, 0.1) is 11.3 Å². The van der Waals surface area contributed by atoms with Crippen molar-refractivity contribution >= 4 is 29.2 Å². The Hall–Kier alpha value is -1.55. The van der Waals surface area contributed by atoms with Crippen LogP contribution in [0.25, 0.3) is 0 Å². The number of para-hydroxylation sites is 1. The van der Waals surface area contributed by atoms with E-state index in [-0.39, 0.29) is 18.2 Å². The number of carboxylic acid groups (broad SMARTS) is 1. The van der Waals surface area contributed by atoms with E-state index in [2.05, 4.69) is 5.32 Å². The molecule has 0 aliphatic heterocycles. The molecule has 0 aromatic heterocycles. The lowest BCUT2D eigenvalue weighted by Gasteiger charge is -2.28. The normalized spacial score (nSPS) is 13.9. The third kappa shape index (κ3) is 3.70. The lowest BCUT2D eigenvalue weighted by atomic mass is 9.76. The van der Waals surface area contributed by atoms with Crippen molar-refractivity contribution in [1.82, 2.24) is 0 Å². The molecule has 1 aromatic rings. The van der Waals surface area contributed by atoms with Crippen LogP contribution >= 0.6 is 11.6 Å². The molecule has 1 amide bonds. The van der Waals surface area contributed by atoms with Crippen molar-refractivity contribution in [3.63, 3.8) is 0 Å². The summed E-state index contributed by atoms with van der Waals surface area (Å²) in [7, 11) is 0. The van der Waals surface area contributed by atoms with Gasteiger partial charge in [-0.2, -0.15) is 0 Å². The number of anilines is 1. The molecule has 0 radical (unpaired) electrons. The van der Waals surface area contributed by atoms with Crippen LogP contribution in [-0.4, -0.2) is 17.0 Å². The molecule has 0 aliphatic rings. The van der Waals surface area contributed by atoms with E-state index in [1.165, 1.54) is 0 Å². The van der Waals surface area contributed by atoms with Crippen molar-refractivity contribution in [2.24, 2.45) is 11.3 Å². The molecule has 1 aromatic carbocycles. The Morgan fingerprint density at radius 2 is 1.95 bits per heavy atom. The first-order chi connectivity index (χ1) is 8.77. The molecule has 104 valence electrons. The zero-order valence-corrected chi connectivity index (χ0v) is 12.0. The van der Waals surface area contributed by atoms with Crippen LogP contribution < -0.4 is 5.32 Å². The molecule has 2 N–H and O–H groups in total. The van der Waals surface area contributed by atoms with Crippen molar-refractivity contribution in [2.45, 2.75) is 27.2 Å². The summed E-state index contributed by atoms with van der Waals surface area (Å²) in [5.41, 5.74) is -0.601. The van der Waals surface area contributed by atoms with Crippen molar-refractivity contribution < 1.29 is 14.7 Å². The van der Waals surface area contributed by atoms with Crippen LogP contribution in [0.3, 0.4) is 0 Å². The molecule has 19 heavy (non-hydrogen) atoms. The number of halogens is 1. The molecule has 0 spiro atoms. The van der Waals surface area contributed by atoms with Gasteiger partial charge in [0.15, 0.2) is 0 Å². The Balaban J connectivity index is 2.80. The highest BCUT2D eigenvalue weighted by Crippen LogP contribution is 2.32. The van der Waals surface area contributed by atoms with Gasteiger partial charge in [0.1, 0.15) is 0 Å². The van der Waals surface area contributed by atoms with E-state index in [9.17, 15) is 14.7 Å². The summed E-state index contributed by atoms with van der Waals surface area (Å²) in [6.07, 6.45) is -0.0920. The van der Waals surface area contributed by atoms with Crippen molar-refractivity contribution in [2.75, 3.05) is 5.32 Å². The van der Waals surface area contributed by atoms with E-state index in [0.717, 1.165) is 0 Å². The van der Waals surface area contributed by atoms with Gasteiger partial charge >= 0.3 is 5.97 Å². The SMILES string of the molecule is CC(C)C(C)(CC(=O)Nc1ccccc1Cl)C(=O)O. The lowest BCUT2D eigenvalue weighted by Crippen LogP contribution is -2.37. The Bertz CT molecular complexity index is 487. The first-order valence-corrected chi connectivity index (χ1v) is 6.43. The van der Waals surface area contributed by atoms with Crippen LogP contribution in [0.15, 0.2) is 24.3 Å². The van der Waals surface area contributed by atoms with Gasteiger partial charge in [0.05, 0.1) is 16.1 Å². The molecule has 0 fully saturated rings. The molecule has 0 heterocycles. The monoisotopic (exact) mass is 283 g/mol. The van der Waals surface area contributed by atoms with Gasteiger partial charge in [0.2, 0.25) is 5.91 Å². The van der Waals surface area contributed by atoms with Crippen LogP contribution in [0.5, 0.6) is 0 Å². The van der Waals surface area contributed by atoms with Gasteiger partial charge in [-0.3, -0.25) is 9.59 Å². The first kappa shape index (κ1) is 15.5. The summed E-state index contributed by atoms with van der Waals surface area (Å²) in [5.74, 6) is -1.48. The van der Waals surface area contributed by atoms with E-state index >= 15 is 0 Å².